The van der Waals surface area contributed by atoms with Crippen molar-refractivity contribution in [2.24, 2.45) is 0 Å². The fourth-order valence-electron chi connectivity index (χ4n) is 1.73. The lowest BCUT2D eigenvalue weighted by molar-refractivity contribution is -0.109. The topological polar surface area (TPSA) is 109 Å². The molecular weight excluding hydrogens is 665 g/mol. The smallest absolute Gasteiger partial charge is 0.199 e. The second-order valence-corrected chi connectivity index (χ2v) is 20.2. The molecule has 0 fully saturated rings. The zero-order valence-electron chi connectivity index (χ0n) is 19.3. The van der Waals surface area contributed by atoms with Gasteiger partial charge in [-0.1, -0.05) is 23.5 Å². The van der Waals surface area contributed by atoms with Crippen LogP contribution < -0.4 is 0 Å². The van der Waals surface area contributed by atoms with Crippen LogP contribution in [0.5, 0.6) is 0 Å². The maximum absolute atomic E-state index is 12.1. The Morgan fingerprint density at radius 1 is 0.543 bits per heavy atom. The summed E-state index contributed by atoms with van der Waals surface area (Å²) >= 11 is 13.3. The molecule has 0 aliphatic rings. The lowest BCUT2D eigenvalue weighted by atomic mass is 10.9. The summed E-state index contributed by atoms with van der Waals surface area (Å²) in [7, 11) is -1.84. The molecule has 0 aromatic rings. The summed E-state index contributed by atoms with van der Waals surface area (Å²) in [5, 5.41) is 20.0. The Kier molecular flexibility index (Phi) is 32.0. The number of hydrogen-bond acceptors (Lipinski definition) is 15. The van der Waals surface area contributed by atoms with Crippen molar-refractivity contribution in [2.45, 2.75) is 0 Å². The van der Waals surface area contributed by atoms with E-state index in [2.05, 4.69) is 0 Å². The van der Waals surface area contributed by atoms with E-state index in [1.165, 1.54) is 82.3 Å². The fourth-order valence-corrected chi connectivity index (χ4v) is 14.1. The minimum Gasteiger partial charge on any atom is -0.386 e. The Hall–Kier alpha value is 2.71. The molecular formula is C18H34O6S11. The van der Waals surface area contributed by atoms with Crippen molar-refractivity contribution < 1.29 is 28.2 Å². The van der Waals surface area contributed by atoms with Crippen LogP contribution in [0, 0.1) is 0 Å². The molecule has 0 rings (SSSR count). The maximum Gasteiger partial charge on any atom is 0.199 e. The van der Waals surface area contributed by atoms with E-state index in [1.54, 1.807) is 23.5 Å². The Bertz CT molecular complexity index is 585. The number of aliphatic hydroxyl groups is 2. The summed E-state index contributed by atoms with van der Waals surface area (Å²) in [5.41, 5.74) is 0. The van der Waals surface area contributed by atoms with Gasteiger partial charge in [-0.2, -0.15) is 23.5 Å². The molecule has 0 spiro atoms. The zero-order chi connectivity index (χ0) is 26.0. The number of aliphatic hydroxyl groups excluding tert-OH is 2. The van der Waals surface area contributed by atoms with E-state index in [1.807, 2.05) is 0 Å². The van der Waals surface area contributed by atoms with Gasteiger partial charge in [-0.3, -0.25) is 18.0 Å². The average molecular weight is 699 g/mol. The first-order chi connectivity index (χ1) is 17.0. The van der Waals surface area contributed by atoms with E-state index >= 15 is 0 Å². The van der Waals surface area contributed by atoms with Crippen LogP contribution in [-0.4, -0.2) is 119 Å². The summed E-state index contributed by atoms with van der Waals surface area (Å²) in [4.78, 5) is 23.7. The molecule has 0 aliphatic carbocycles. The molecule has 6 nitrogen and oxygen atoms in total. The summed E-state index contributed by atoms with van der Waals surface area (Å²) in [6.45, 7) is 0. The van der Waals surface area contributed by atoms with E-state index in [0.717, 1.165) is 28.1 Å². The van der Waals surface area contributed by atoms with Gasteiger partial charge in [0.1, 0.15) is 0 Å². The van der Waals surface area contributed by atoms with E-state index < -0.39 is 21.6 Å². The Labute approximate surface area is 253 Å². The molecule has 17 heteroatoms. The summed E-state index contributed by atoms with van der Waals surface area (Å²) in [6.07, 6.45) is 0. The van der Waals surface area contributed by atoms with E-state index in [0.29, 0.717) is 49.8 Å². The van der Waals surface area contributed by atoms with Crippen molar-refractivity contribution in [2.75, 3.05) is 89.7 Å². The van der Waals surface area contributed by atoms with Gasteiger partial charge < -0.3 is 10.2 Å². The largest absolute Gasteiger partial charge is 0.386 e. The van der Waals surface area contributed by atoms with Gasteiger partial charge in [-0.15, -0.1) is 58.8 Å². The first kappa shape index (κ1) is 37.7. The van der Waals surface area contributed by atoms with Crippen LogP contribution in [-0.2, 0) is 31.2 Å². The summed E-state index contributed by atoms with van der Waals surface area (Å²) in [5.74, 6) is 7.15. The molecule has 0 radical (unpaired) electrons. The highest BCUT2D eigenvalue weighted by Gasteiger charge is 2.08. The minimum absolute atomic E-state index is 0.0892. The van der Waals surface area contributed by atoms with Crippen molar-refractivity contribution >= 4 is 138 Å². The highest BCUT2D eigenvalue weighted by molar-refractivity contribution is 8.27. The number of hydrogen-bond donors (Lipinski definition) is 2. The van der Waals surface area contributed by atoms with Crippen LogP contribution in [0.3, 0.4) is 0 Å². The van der Waals surface area contributed by atoms with Gasteiger partial charge in [0.2, 0.25) is 0 Å². The SMILES string of the molecule is O=C(CSCCS(=O)CSCSC(=O)CSCCS(=O)CSCCSCO)SCSCCSCO. The first-order valence-electron chi connectivity index (χ1n) is 10.3. The second-order valence-electron chi connectivity index (χ2n) is 5.99. The second kappa shape index (κ2) is 29.7. The Morgan fingerprint density at radius 3 is 1.49 bits per heavy atom. The summed E-state index contributed by atoms with van der Waals surface area (Å²) in [6, 6.07) is 0. The molecule has 0 aromatic carbocycles. The van der Waals surface area contributed by atoms with E-state index in [9.17, 15) is 18.0 Å². The van der Waals surface area contributed by atoms with Crippen molar-refractivity contribution in [1.82, 2.24) is 0 Å². The third kappa shape index (κ3) is 29.5. The van der Waals surface area contributed by atoms with Crippen LogP contribution in [0.25, 0.3) is 0 Å². The minimum atomic E-state index is -0.959. The third-order valence-corrected chi connectivity index (χ3v) is 16.9. The number of thioether (sulfide) groups is 9. The molecule has 0 aliphatic heterocycles. The molecule has 0 aromatic heterocycles. The lowest BCUT2D eigenvalue weighted by Gasteiger charge is -2.04. The van der Waals surface area contributed by atoms with Gasteiger partial charge in [0.15, 0.2) is 10.2 Å². The van der Waals surface area contributed by atoms with Gasteiger partial charge in [-0.25, -0.2) is 0 Å². The molecule has 2 atom stereocenters. The third-order valence-electron chi connectivity index (χ3n) is 3.31. The van der Waals surface area contributed by atoms with E-state index in [4.69, 9.17) is 10.2 Å². The van der Waals surface area contributed by atoms with Gasteiger partial charge in [0.25, 0.3) is 0 Å². The first-order valence-corrected chi connectivity index (χ1v) is 23.3. The average Bonchev–Trinajstić information content (AvgIpc) is 2.84. The van der Waals surface area contributed by atoms with Crippen molar-refractivity contribution in [3.8, 4) is 0 Å². The molecule has 0 amide bonds. The van der Waals surface area contributed by atoms with Crippen LogP contribution in [0.2, 0.25) is 0 Å². The molecule has 0 bridgehead atoms. The lowest BCUT2D eigenvalue weighted by Crippen LogP contribution is -2.06. The molecule has 208 valence electrons. The maximum atomic E-state index is 12.1. The van der Waals surface area contributed by atoms with Crippen LogP contribution >= 0.6 is 106 Å². The predicted octanol–water partition coefficient (Wildman–Crippen LogP) is 3.87. The summed E-state index contributed by atoms with van der Waals surface area (Å²) < 4.78 is 23.9. The predicted molar refractivity (Wildman–Crippen MR) is 177 cm³/mol. The van der Waals surface area contributed by atoms with Crippen molar-refractivity contribution in [3.05, 3.63) is 0 Å². The number of carbonyl (C=O) groups is 2. The normalized spacial score (nSPS) is 13.1. The number of carbonyl (C=O) groups excluding carboxylic acids is 2. The fraction of sp³-hybridized carbons (Fsp3) is 0.889. The van der Waals surface area contributed by atoms with E-state index in [-0.39, 0.29) is 22.1 Å². The molecule has 0 heterocycles. The molecule has 0 saturated heterocycles. The van der Waals surface area contributed by atoms with Crippen LogP contribution in [0.1, 0.15) is 0 Å². The molecule has 2 unspecified atom stereocenters. The standard InChI is InChI=1S/C18H34O6S11/c19-11-27-1-3-29-13-32-17(21)9-26-6-8-35(24)16-31-14-33-18(22)10-25-5-7-34(23)15-30-4-2-28-12-20/h19-20H,1-16H2. The van der Waals surface area contributed by atoms with Crippen LogP contribution in [0.4, 0.5) is 0 Å². The quantitative estimate of drug-likeness (QED) is 0.101. The van der Waals surface area contributed by atoms with Gasteiger partial charge in [0, 0.05) is 77.8 Å². The van der Waals surface area contributed by atoms with Gasteiger partial charge in [0.05, 0.1) is 33.6 Å². The molecule has 0 saturated carbocycles. The monoisotopic (exact) mass is 698 g/mol. The van der Waals surface area contributed by atoms with Crippen molar-refractivity contribution in [1.29, 1.82) is 0 Å². The van der Waals surface area contributed by atoms with Crippen LogP contribution in [0.15, 0.2) is 0 Å². The molecule has 35 heavy (non-hydrogen) atoms. The molecule has 2 N–H and O–H groups in total. The highest BCUT2D eigenvalue weighted by atomic mass is 32.2. The number of rotatable bonds is 26. The Balaban J connectivity index is 3.49. The van der Waals surface area contributed by atoms with Gasteiger partial charge >= 0.3 is 0 Å². The van der Waals surface area contributed by atoms with Crippen molar-refractivity contribution in [3.63, 3.8) is 0 Å². The Morgan fingerprint density at radius 2 is 0.971 bits per heavy atom. The highest BCUT2D eigenvalue weighted by Crippen LogP contribution is 2.19. The van der Waals surface area contributed by atoms with Gasteiger partial charge in [-0.05, 0) is 0 Å². The zero-order valence-corrected chi connectivity index (χ0v) is 28.3.